The van der Waals surface area contributed by atoms with Gasteiger partial charge in [0.1, 0.15) is 11.4 Å². The van der Waals surface area contributed by atoms with E-state index in [1.165, 1.54) is 7.11 Å². The molecule has 2 aromatic carbocycles. The van der Waals surface area contributed by atoms with E-state index in [1.54, 1.807) is 22.7 Å². The van der Waals surface area contributed by atoms with E-state index in [4.69, 9.17) is 18.8 Å². The lowest BCUT2D eigenvalue weighted by Gasteiger charge is -2.32. The molecule has 1 unspecified atom stereocenters. The van der Waals surface area contributed by atoms with Crippen molar-refractivity contribution in [1.29, 1.82) is 0 Å². The molecule has 1 aliphatic heterocycles. The second-order valence-electron chi connectivity index (χ2n) is 10.8. The summed E-state index contributed by atoms with van der Waals surface area (Å²) in [5, 5.41) is 14.6. The smallest absolute Gasteiger partial charge is 0.399 e. The second-order valence-corrected chi connectivity index (χ2v) is 10.8. The molecular formula is C29H38BN3O6. The van der Waals surface area contributed by atoms with Gasteiger partial charge in [-0.05, 0) is 63.3 Å². The molecular weight excluding hydrogens is 497 g/mol. The lowest BCUT2D eigenvalue weighted by atomic mass is 9.78. The van der Waals surface area contributed by atoms with Crippen molar-refractivity contribution in [3.63, 3.8) is 0 Å². The molecule has 0 radical (unpaired) electrons. The third kappa shape index (κ3) is 6.26. The SMILES string of the molecule is COC(O)c1cc(C(=O)N(C)c2ccc(B3OC(C)(C)C(C)(C)O3)cc2C)n(CCOCc2ccccc2)n1. The molecule has 4 rings (SSSR count). The fraction of sp³-hybridized carbons (Fsp3) is 0.448. The maximum Gasteiger partial charge on any atom is 0.494 e. The predicted molar refractivity (Wildman–Crippen MR) is 150 cm³/mol. The first-order valence-electron chi connectivity index (χ1n) is 13.1. The van der Waals surface area contributed by atoms with Gasteiger partial charge in [0.25, 0.3) is 5.91 Å². The molecule has 1 fully saturated rings. The molecule has 2 heterocycles. The van der Waals surface area contributed by atoms with Crippen LogP contribution in [0.25, 0.3) is 0 Å². The standard InChI is InChI=1S/C29H38BN3O6/c1-20-17-22(30-38-28(2,3)29(4,5)39-30)13-14-24(20)32(6)26(34)25-18-23(27(35)36-7)31-33(25)15-16-37-19-21-11-9-8-10-12-21/h8-14,17-18,27,35H,15-16,19H2,1-7H3. The Labute approximate surface area is 230 Å². The molecule has 1 aromatic heterocycles. The van der Waals surface area contributed by atoms with Gasteiger partial charge in [-0.3, -0.25) is 9.48 Å². The van der Waals surface area contributed by atoms with Gasteiger partial charge < -0.3 is 28.8 Å². The van der Waals surface area contributed by atoms with Crippen LogP contribution in [0.2, 0.25) is 0 Å². The lowest BCUT2D eigenvalue weighted by molar-refractivity contribution is -0.0802. The van der Waals surface area contributed by atoms with E-state index >= 15 is 0 Å². The summed E-state index contributed by atoms with van der Waals surface area (Å²) < 4.78 is 24.8. The third-order valence-electron chi connectivity index (χ3n) is 7.47. The summed E-state index contributed by atoms with van der Waals surface area (Å²) >= 11 is 0. The minimum Gasteiger partial charge on any atom is -0.399 e. The number of benzene rings is 2. The highest BCUT2D eigenvalue weighted by Gasteiger charge is 2.51. The molecule has 1 aliphatic rings. The Morgan fingerprint density at radius 2 is 1.77 bits per heavy atom. The Morgan fingerprint density at radius 1 is 1.10 bits per heavy atom. The third-order valence-corrected chi connectivity index (χ3v) is 7.47. The zero-order valence-electron chi connectivity index (χ0n) is 23.8. The van der Waals surface area contributed by atoms with Gasteiger partial charge in [-0.15, -0.1) is 0 Å². The fourth-order valence-electron chi connectivity index (χ4n) is 4.40. The van der Waals surface area contributed by atoms with Gasteiger partial charge in [-0.2, -0.15) is 5.10 Å². The van der Waals surface area contributed by atoms with Crippen LogP contribution in [0, 0.1) is 6.92 Å². The molecule has 0 saturated carbocycles. The number of aryl methyl sites for hydroxylation is 1. The number of amides is 1. The summed E-state index contributed by atoms with van der Waals surface area (Å²) in [4.78, 5) is 15.2. The van der Waals surface area contributed by atoms with E-state index in [9.17, 15) is 9.90 Å². The van der Waals surface area contributed by atoms with Gasteiger partial charge in [0.15, 0.2) is 6.29 Å². The molecule has 1 atom stereocenters. The van der Waals surface area contributed by atoms with Crippen molar-refractivity contribution in [2.45, 2.75) is 65.3 Å². The van der Waals surface area contributed by atoms with E-state index in [2.05, 4.69) is 5.10 Å². The van der Waals surface area contributed by atoms with Crippen LogP contribution in [0.4, 0.5) is 5.69 Å². The van der Waals surface area contributed by atoms with Crippen molar-refractivity contribution in [3.05, 3.63) is 77.1 Å². The van der Waals surface area contributed by atoms with Crippen molar-refractivity contribution in [2.75, 3.05) is 25.7 Å². The predicted octanol–water partition coefficient (Wildman–Crippen LogP) is 3.62. The number of aliphatic hydroxyl groups excluding tert-OH is 1. The average Bonchev–Trinajstić information content (AvgIpc) is 3.43. The number of nitrogens with zero attached hydrogens (tertiary/aromatic N) is 3. The van der Waals surface area contributed by atoms with Crippen LogP contribution in [0.1, 0.15) is 61.3 Å². The molecule has 3 aromatic rings. The highest BCUT2D eigenvalue weighted by Crippen LogP contribution is 2.36. The quantitative estimate of drug-likeness (QED) is 0.241. The van der Waals surface area contributed by atoms with Crippen molar-refractivity contribution >= 4 is 24.2 Å². The molecule has 1 saturated heterocycles. The van der Waals surface area contributed by atoms with Crippen LogP contribution in [0.3, 0.4) is 0 Å². The van der Waals surface area contributed by atoms with Crippen molar-refractivity contribution in [2.24, 2.45) is 0 Å². The molecule has 1 amide bonds. The zero-order valence-corrected chi connectivity index (χ0v) is 23.8. The maximum atomic E-state index is 13.7. The van der Waals surface area contributed by atoms with Gasteiger partial charge >= 0.3 is 7.12 Å². The molecule has 0 aliphatic carbocycles. The second kappa shape index (κ2) is 11.6. The minimum absolute atomic E-state index is 0.255. The Bertz CT molecular complexity index is 1280. The van der Waals surface area contributed by atoms with E-state index in [0.717, 1.165) is 22.3 Å². The topological polar surface area (TPSA) is 95.3 Å². The number of methoxy groups -OCH3 is 1. The molecule has 0 bridgehead atoms. The Balaban J connectivity index is 1.50. The lowest BCUT2D eigenvalue weighted by Crippen LogP contribution is -2.41. The van der Waals surface area contributed by atoms with Crippen molar-refractivity contribution in [1.82, 2.24) is 9.78 Å². The van der Waals surface area contributed by atoms with Crippen molar-refractivity contribution < 1.29 is 28.7 Å². The first kappa shape index (κ1) is 29.0. The molecule has 0 spiro atoms. The normalized spacial score (nSPS) is 16.9. The van der Waals surface area contributed by atoms with Crippen LogP contribution >= 0.6 is 0 Å². The van der Waals surface area contributed by atoms with Crippen LogP contribution in [0.15, 0.2) is 54.6 Å². The fourth-order valence-corrected chi connectivity index (χ4v) is 4.40. The number of hydrogen-bond donors (Lipinski definition) is 1. The Hall–Kier alpha value is -3.02. The molecule has 9 nitrogen and oxygen atoms in total. The van der Waals surface area contributed by atoms with E-state index in [1.807, 2.05) is 83.1 Å². The van der Waals surface area contributed by atoms with Gasteiger partial charge in [0.2, 0.25) is 0 Å². The molecule has 1 N–H and O–H groups in total. The summed E-state index contributed by atoms with van der Waals surface area (Å²) in [5.41, 5.74) is 3.28. The average molecular weight is 535 g/mol. The number of anilines is 1. The highest BCUT2D eigenvalue weighted by atomic mass is 16.7. The van der Waals surface area contributed by atoms with E-state index in [0.29, 0.717) is 25.5 Å². The van der Waals surface area contributed by atoms with E-state index in [-0.39, 0.29) is 11.6 Å². The van der Waals surface area contributed by atoms with Crippen LogP contribution in [-0.4, -0.2) is 59.9 Å². The summed E-state index contributed by atoms with van der Waals surface area (Å²) in [5.74, 6) is -0.272. The monoisotopic (exact) mass is 535 g/mol. The van der Waals surface area contributed by atoms with Crippen LogP contribution in [-0.2, 0) is 31.9 Å². The first-order valence-corrected chi connectivity index (χ1v) is 13.1. The summed E-state index contributed by atoms with van der Waals surface area (Å²) in [7, 11) is 2.61. The number of aromatic nitrogens is 2. The molecule has 10 heteroatoms. The van der Waals surface area contributed by atoms with Gasteiger partial charge in [0.05, 0.1) is 31.0 Å². The number of rotatable bonds is 10. The Kier molecular flexibility index (Phi) is 8.63. The summed E-state index contributed by atoms with van der Waals surface area (Å²) in [6.45, 7) is 11.1. The van der Waals surface area contributed by atoms with Gasteiger partial charge in [-0.1, -0.05) is 42.5 Å². The van der Waals surface area contributed by atoms with Crippen LogP contribution in [0.5, 0.6) is 0 Å². The minimum atomic E-state index is -1.24. The first-order chi connectivity index (χ1) is 18.4. The maximum absolute atomic E-state index is 13.7. The van der Waals surface area contributed by atoms with Crippen LogP contribution < -0.4 is 10.4 Å². The Morgan fingerprint density at radius 3 is 2.38 bits per heavy atom. The largest absolute Gasteiger partial charge is 0.494 e. The summed E-state index contributed by atoms with van der Waals surface area (Å²) in [6.07, 6.45) is -1.24. The highest BCUT2D eigenvalue weighted by molar-refractivity contribution is 6.62. The number of aliphatic hydroxyl groups is 1. The van der Waals surface area contributed by atoms with E-state index < -0.39 is 24.6 Å². The molecule has 208 valence electrons. The summed E-state index contributed by atoms with van der Waals surface area (Å²) in [6, 6.07) is 17.2. The van der Waals surface area contributed by atoms with Gasteiger partial charge in [0, 0.05) is 19.8 Å². The number of carbonyl (C=O) groups excluding carboxylic acids is 1. The van der Waals surface area contributed by atoms with Gasteiger partial charge in [-0.25, -0.2) is 0 Å². The number of ether oxygens (including phenoxy) is 2. The number of hydrogen-bond acceptors (Lipinski definition) is 7. The van der Waals surface area contributed by atoms with Crippen molar-refractivity contribution in [3.8, 4) is 0 Å². The number of carbonyl (C=O) groups is 1. The molecule has 39 heavy (non-hydrogen) atoms. The zero-order chi connectivity index (χ0) is 28.4.